The predicted octanol–water partition coefficient (Wildman–Crippen LogP) is 1.22. The summed E-state index contributed by atoms with van der Waals surface area (Å²) in [4.78, 5) is 0. The summed E-state index contributed by atoms with van der Waals surface area (Å²) in [5, 5.41) is 11.6. The van der Waals surface area contributed by atoms with Crippen molar-refractivity contribution >= 4 is 11.4 Å². The maximum atomic E-state index is 12.7. The standard InChI is InChI=1S/C11H17FN2O2/c12-9-2-3-11(10(13)8-9)14-4-1-6-16-7-5-15/h2-3,8,14-15H,1,4-7,13H2. The summed E-state index contributed by atoms with van der Waals surface area (Å²) >= 11 is 0. The number of hydrogen-bond donors (Lipinski definition) is 3. The van der Waals surface area contributed by atoms with Crippen LogP contribution in [0.5, 0.6) is 0 Å². The summed E-state index contributed by atoms with van der Waals surface area (Å²) in [7, 11) is 0. The molecule has 1 aromatic rings. The van der Waals surface area contributed by atoms with Gasteiger partial charge in [-0.15, -0.1) is 0 Å². The fourth-order valence-electron chi connectivity index (χ4n) is 1.26. The highest BCUT2D eigenvalue weighted by molar-refractivity contribution is 5.65. The lowest BCUT2D eigenvalue weighted by Gasteiger charge is -2.09. The fourth-order valence-corrected chi connectivity index (χ4v) is 1.26. The number of hydrogen-bond acceptors (Lipinski definition) is 4. The first-order valence-electron chi connectivity index (χ1n) is 5.21. The number of anilines is 2. The van der Waals surface area contributed by atoms with Crippen molar-refractivity contribution in [1.29, 1.82) is 0 Å². The van der Waals surface area contributed by atoms with E-state index in [9.17, 15) is 4.39 Å². The number of nitrogen functional groups attached to an aromatic ring is 1. The van der Waals surface area contributed by atoms with E-state index in [0.29, 0.717) is 25.4 Å². The van der Waals surface area contributed by atoms with Crippen LogP contribution < -0.4 is 11.1 Å². The van der Waals surface area contributed by atoms with Gasteiger partial charge in [0.15, 0.2) is 0 Å². The van der Waals surface area contributed by atoms with Gasteiger partial charge in [-0.2, -0.15) is 0 Å². The first-order chi connectivity index (χ1) is 7.74. The lowest BCUT2D eigenvalue weighted by atomic mass is 10.2. The average molecular weight is 228 g/mol. The van der Waals surface area contributed by atoms with Crippen LogP contribution in [0.4, 0.5) is 15.8 Å². The maximum Gasteiger partial charge on any atom is 0.125 e. The number of aliphatic hydroxyl groups is 1. The van der Waals surface area contributed by atoms with Crippen LogP contribution in [0.3, 0.4) is 0 Å². The molecule has 5 heteroatoms. The monoisotopic (exact) mass is 228 g/mol. The Kier molecular flexibility index (Phi) is 5.60. The summed E-state index contributed by atoms with van der Waals surface area (Å²) < 4.78 is 17.8. The topological polar surface area (TPSA) is 67.5 Å². The second-order valence-corrected chi connectivity index (χ2v) is 3.35. The summed E-state index contributed by atoms with van der Waals surface area (Å²) in [6.45, 7) is 1.67. The molecule has 0 aromatic heterocycles. The largest absolute Gasteiger partial charge is 0.397 e. The molecule has 90 valence electrons. The van der Waals surface area contributed by atoms with Crippen molar-refractivity contribution < 1.29 is 14.2 Å². The molecule has 0 aliphatic heterocycles. The van der Waals surface area contributed by atoms with E-state index in [2.05, 4.69) is 5.32 Å². The van der Waals surface area contributed by atoms with Gasteiger partial charge in [0.2, 0.25) is 0 Å². The van der Waals surface area contributed by atoms with Crippen LogP contribution in [0.15, 0.2) is 18.2 Å². The van der Waals surface area contributed by atoms with Crippen molar-refractivity contribution in [1.82, 2.24) is 0 Å². The van der Waals surface area contributed by atoms with Crippen LogP contribution in [-0.4, -0.2) is 31.5 Å². The van der Waals surface area contributed by atoms with Gasteiger partial charge >= 0.3 is 0 Å². The highest BCUT2D eigenvalue weighted by atomic mass is 19.1. The van der Waals surface area contributed by atoms with Crippen molar-refractivity contribution in [2.75, 3.05) is 37.4 Å². The molecule has 0 saturated heterocycles. The Hall–Kier alpha value is -1.33. The minimum atomic E-state index is -0.339. The van der Waals surface area contributed by atoms with Gasteiger partial charge < -0.3 is 20.9 Å². The maximum absolute atomic E-state index is 12.7. The van der Waals surface area contributed by atoms with Gasteiger partial charge in [0.1, 0.15) is 5.82 Å². The van der Waals surface area contributed by atoms with E-state index in [1.54, 1.807) is 6.07 Å². The molecule has 4 nitrogen and oxygen atoms in total. The van der Waals surface area contributed by atoms with Gasteiger partial charge in [0, 0.05) is 13.2 Å². The minimum absolute atomic E-state index is 0.0400. The third-order valence-corrected chi connectivity index (χ3v) is 2.03. The van der Waals surface area contributed by atoms with Gasteiger partial charge in [0.05, 0.1) is 24.6 Å². The van der Waals surface area contributed by atoms with Crippen LogP contribution in [0.1, 0.15) is 6.42 Å². The summed E-state index contributed by atoms with van der Waals surface area (Å²) in [6, 6.07) is 4.25. The number of ether oxygens (including phenoxy) is 1. The van der Waals surface area contributed by atoms with E-state index in [1.807, 2.05) is 0 Å². The van der Waals surface area contributed by atoms with E-state index in [0.717, 1.165) is 12.1 Å². The van der Waals surface area contributed by atoms with Crippen molar-refractivity contribution in [2.24, 2.45) is 0 Å². The number of nitrogens with one attached hydrogen (secondary N) is 1. The first-order valence-corrected chi connectivity index (χ1v) is 5.21. The molecule has 0 fully saturated rings. The second kappa shape index (κ2) is 7.03. The summed E-state index contributed by atoms with van der Waals surface area (Å²) in [5.74, 6) is -0.339. The van der Waals surface area contributed by atoms with Crippen molar-refractivity contribution in [3.63, 3.8) is 0 Å². The molecule has 0 atom stereocenters. The van der Waals surface area contributed by atoms with Crippen molar-refractivity contribution in [2.45, 2.75) is 6.42 Å². The molecule has 16 heavy (non-hydrogen) atoms. The molecule has 0 bridgehead atoms. The smallest absolute Gasteiger partial charge is 0.125 e. The molecular formula is C11H17FN2O2. The third-order valence-electron chi connectivity index (χ3n) is 2.03. The molecule has 0 saturated carbocycles. The van der Waals surface area contributed by atoms with Crippen LogP contribution >= 0.6 is 0 Å². The lowest BCUT2D eigenvalue weighted by molar-refractivity contribution is 0.0922. The van der Waals surface area contributed by atoms with Gasteiger partial charge in [-0.25, -0.2) is 4.39 Å². The lowest BCUT2D eigenvalue weighted by Crippen LogP contribution is -2.08. The number of benzene rings is 1. The third kappa shape index (κ3) is 4.46. The molecule has 0 aliphatic rings. The number of aliphatic hydroxyl groups excluding tert-OH is 1. The zero-order valence-electron chi connectivity index (χ0n) is 9.08. The Labute approximate surface area is 94.2 Å². The van der Waals surface area contributed by atoms with Crippen molar-refractivity contribution in [3.8, 4) is 0 Å². The molecule has 0 aliphatic carbocycles. The predicted molar refractivity (Wildman–Crippen MR) is 61.8 cm³/mol. The van der Waals surface area contributed by atoms with Gasteiger partial charge in [-0.05, 0) is 24.6 Å². The first kappa shape index (κ1) is 12.7. The Morgan fingerprint density at radius 1 is 1.38 bits per heavy atom. The van der Waals surface area contributed by atoms with E-state index in [1.165, 1.54) is 12.1 Å². The van der Waals surface area contributed by atoms with E-state index < -0.39 is 0 Å². The Morgan fingerprint density at radius 2 is 2.19 bits per heavy atom. The van der Waals surface area contributed by atoms with Gasteiger partial charge in [-0.1, -0.05) is 0 Å². The molecule has 0 amide bonds. The minimum Gasteiger partial charge on any atom is -0.397 e. The Bertz CT molecular complexity index is 321. The zero-order valence-corrected chi connectivity index (χ0v) is 9.08. The Morgan fingerprint density at radius 3 is 2.88 bits per heavy atom. The normalized spacial score (nSPS) is 10.4. The highest BCUT2D eigenvalue weighted by Crippen LogP contribution is 2.18. The molecule has 0 radical (unpaired) electrons. The summed E-state index contributed by atoms with van der Waals surface area (Å²) in [5.41, 5.74) is 6.74. The second-order valence-electron chi connectivity index (χ2n) is 3.35. The van der Waals surface area contributed by atoms with Gasteiger partial charge in [-0.3, -0.25) is 0 Å². The fraction of sp³-hybridized carbons (Fsp3) is 0.455. The number of halogens is 1. The molecular weight excluding hydrogens is 211 g/mol. The molecule has 0 unspecified atom stereocenters. The highest BCUT2D eigenvalue weighted by Gasteiger charge is 1.99. The number of rotatable bonds is 7. The van der Waals surface area contributed by atoms with Crippen LogP contribution in [0.25, 0.3) is 0 Å². The molecule has 4 N–H and O–H groups in total. The van der Waals surface area contributed by atoms with Crippen LogP contribution in [-0.2, 0) is 4.74 Å². The molecule has 1 aromatic carbocycles. The van der Waals surface area contributed by atoms with E-state index in [-0.39, 0.29) is 12.4 Å². The van der Waals surface area contributed by atoms with E-state index >= 15 is 0 Å². The Balaban J connectivity index is 2.21. The SMILES string of the molecule is Nc1cc(F)ccc1NCCCOCCO. The number of nitrogens with two attached hydrogens (primary N) is 1. The quantitative estimate of drug-likeness (QED) is 0.485. The molecule has 0 spiro atoms. The van der Waals surface area contributed by atoms with Crippen LogP contribution in [0, 0.1) is 5.82 Å². The zero-order chi connectivity index (χ0) is 11.8. The van der Waals surface area contributed by atoms with Crippen molar-refractivity contribution in [3.05, 3.63) is 24.0 Å². The molecule has 0 heterocycles. The van der Waals surface area contributed by atoms with E-state index in [4.69, 9.17) is 15.6 Å². The average Bonchev–Trinajstić information content (AvgIpc) is 2.26. The van der Waals surface area contributed by atoms with Gasteiger partial charge in [0.25, 0.3) is 0 Å². The summed E-state index contributed by atoms with van der Waals surface area (Å²) in [6.07, 6.45) is 0.802. The van der Waals surface area contributed by atoms with Crippen LogP contribution in [0.2, 0.25) is 0 Å². The molecule has 1 rings (SSSR count).